The minimum absolute atomic E-state index is 0.269. The maximum absolute atomic E-state index is 14.4. The number of aliphatic carboxylic acids is 1. The second-order valence-corrected chi connectivity index (χ2v) is 10.2. The predicted molar refractivity (Wildman–Crippen MR) is 132 cm³/mol. The third-order valence-electron chi connectivity index (χ3n) is 6.49. The summed E-state index contributed by atoms with van der Waals surface area (Å²) in [7, 11) is 0. The van der Waals surface area contributed by atoms with Crippen molar-refractivity contribution in [2.45, 2.75) is 55.8 Å². The zero-order valence-electron chi connectivity index (χ0n) is 19.5. The van der Waals surface area contributed by atoms with Gasteiger partial charge in [0, 0.05) is 16.0 Å². The molecular formula is C26H30FNO7S. The molecule has 2 aliphatic heterocycles. The van der Waals surface area contributed by atoms with Gasteiger partial charge in [-0.25, -0.2) is 4.39 Å². The molecule has 2 saturated heterocycles. The van der Waals surface area contributed by atoms with Crippen molar-refractivity contribution in [2.24, 2.45) is 0 Å². The van der Waals surface area contributed by atoms with Crippen molar-refractivity contribution >= 4 is 27.4 Å². The van der Waals surface area contributed by atoms with E-state index < -0.39 is 43.1 Å². The number of benzene rings is 2. The van der Waals surface area contributed by atoms with E-state index >= 15 is 0 Å². The van der Waals surface area contributed by atoms with Gasteiger partial charge >= 0.3 is 5.97 Å². The molecule has 0 amide bonds. The van der Waals surface area contributed by atoms with Crippen molar-refractivity contribution in [3.63, 3.8) is 0 Å². The van der Waals surface area contributed by atoms with E-state index in [1.54, 1.807) is 17.4 Å². The number of fused-ring (bicyclic) bond motifs is 1. The van der Waals surface area contributed by atoms with Crippen LogP contribution in [0.15, 0.2) is 48.5 Å². The van der Waals surface area contributed by atoms with Crippen LogP contribution in [0.1, 0.15) is 34.9 Å². The molecule has 6 unspecified atom stereocenters. The van der Waals surface area contributed by atoms with E-state index in [9.17, 15) is 29.6 Å². The first-order valence-corrected chi connectivity index (χ1v) is 12.6. The standard InChI is InChI=1S/C21H21FO5S.C5H9NO2/c22-15-6-5-12(21-20(26)19(25)18(24)16(10-23)27-21)7-13(15)9-14-8-11-3-1-2-4-17(11)28-14;7-5(8)4-2-1-3-6-4/h1-8,16,18-21,23-26H,9-10H2;4,6H,1-3H2,(H,7,8). The number of aliphatic hydroxyl groups is 4. The van der Waals surface area contributed by atoms with Crippen LogP contribution in [0.25, 0.3) is 10.1 Å². The lowest BCUT2D eigenvalue weighted by molar-refractivity contribution is -0.231. The molecule has 6 atom stereocenters. The fourth-order valence-corrected chi connectivity index (χ4v) is 5.58. The van der Waals surface area contributed by atoms with Crippen LogP contribution < -0.4 is 5.32 Å². The van der Waals surface area contributed by atoms with Gasteiger partial charge in [0.05, 0.1) is 6.61 Å². The van der Waals surface area contributed by atoms with Gasteiger partial charge in [-0.15, -0.1) is 11.3 Å². The van der Waals surface area contributed by atoms with Crippen molar-refractivity contribution < 1.29 is 39.5 Å². The van der Waals surface area contributed by atoms with Crippen molar-refractivity contribution in [1.82, 2.24) is 5.32 Å². The first kappa shape index (κ1) is 26.6. The van der Waals surface area contributed by atoms with Crippen LogP contribution in [-0.2, 0) is 16.0 Å². The van der Waals surface area contributed by atoms with Gasteiger partial charge in [-0.3, -0.25) is 4.79 Å². The number of hydrogen-bond donors (Lipinski definition) is 6. The molecule has 36 heavy (non-hydrogen) atoms. The number of aliphatic hydroxyl groups excluding tert-OH is 4. The molecule has 10 heteroatoms. The lowest BCUT2D eigenvalue weighted by atomic mass is 9.90. The zero-order chi connectivity index (χ0) is 25.8. The number of ether oxygens (including phenoxy) is 1. The maximum atomic E-state index is 14.4. The molecule has 194 valence electrons. The summed E-state index contributed by atoms with van der Waals surface area (Å²) in [5, 5.41) is 51.9. The normalized spacial score (nSPS) is 28.0. The van der Waals surface area contributed by atoms with Gasteiger partial charge in [-0.1, -0.05) is 24.3 Å². The predicted octanol–water partition coefficient (Wildman–Crippen LogP) is 1.97. The summed E-state index contributed by atoms with van der Waals surface area (Å²) in [5.41, 5.74) is 0.926. The van der Waals surface area contributed by atoms with E-state index in [1.165, 1.54) is 12.1 Å². The summed E-state index contributed by atoms with van der Waals surface area (Å²) in [4.78, 5) is 11.1. The van der Waals surface area contributed by atoms with Gasteiger partial charge < -0.3 is 35.6 Å². The number of carboxylic acid groups (broad SMARTS) is 1. The van der Waals surface area contributed by atoms with Crippen LogP contribution in [0.3, 0.4) is 0 Å². The molecule has 2 aromatic carbocycles. The minimum Gasteiger partial charge on any atom is -0.480 e. The van der Waals surface area contributed by atoms with Crippen molar-refractivity contribution in [3.8, 4) is 0 Å². The molecule has 3 heterocycles. The van der Waals surface area contributed by atoms with Crippen LogP contribution in [0, 0.1) is 5.82 Å². The summed E-state index contributed by atoms with van der Waals surface area (Å²) in [6.45, 7) is 0.355. The smallest absolute Gasteiger partial charge is 0.320 e. The molecule has 0 saturated carbocycles. The Balaban J connectivity index is 0.000000325. The van der Waals surface area contributed by atoms with Crippen LogP contribution >= 0.6 is 11.3 Å². The molecule has 5 rings (SSSR count). The molecule has 6 N–H and O–H groups in total. The second-order valence-electron chi connectivity index (χ2n) is 9.01. The molecule has 0 bridgehead atoms. The molecule has 3 aromatic rings. The van der Waals surface area contributed by atoms with E-state index in [2.05, 4.69) is 5.32 Å². The van der Waals surface area contributed by atoms with E-state index in [-0.39, 0.29) is 11.9 Å². The zero-order valence-corrected chi connectivity index (χ0v) is 20.3. The average Bonchev–Trinajstić information content (AvgIpc) is 3.55. The Kier molecular flexibility index (Phi) is 8.68. The maximum Gasteiger partial charge on any atom is 0.320 e. The molecule has 2 aliphatic rings. The summed E-state index contributed by atoms with van der Waals surface area (Å²) in [5.74, 6) is -1.09. The first-order valence-electron chi connectivity index (χ1n) is 11.8. The van der Waals surface area contributed by atoms with Crippen LogP contribution in [0.5, 0.6) is 0 Å². The molecule has 2 fully saturated rings. The summed E-state index contributed by atoms with van der Waals surface area (Å²) in [6.07, 6.45) is -4.08. The van der Waals surface area contributed by atoms with Crippen molar-refractivity contribution in [2.75, 3.05) is 13.2 Å². The number of rotatable bonds is 5. The number of hydrogen-bond acceptors (Lipinski definition) is 8. The number of carboxylic acids is 1. The molecular weight excluding hydrogens is 489 g/mol. The summed E-state index contributed by atoms with van der Waals surface area (Å²) < 4.78 is 21.1. The van der Waals surface area contributed by atoms with Gasteiger partial charge in [0.2, 0.25) is 0 Å². The lowest BCUT2D eigenvalue weighted by Crippen LogP contribution is -2.55. The SMILES string of the molecule is O=C(O)C1CCCN1.OCC1OC(c2ccc(F)c(Cc3cc4ccccc4s3)c2)C(O)C(O)C1O. The Morgan fingerprint density at radius 2 is 1.86 bits per heavy atom. The third kappa shape index (κ3) is 5.92. The number of thiophene rings is 1. The Morgan fingerprint density at radius 3 is 2.50 bits per heavy atom. The average molecular weight is 520 g/mol. The highest BCUT2D eigenvalue weighted by Crippen LogP contribution is 2.34. The first-order chi connectivity index (χ1) is 17.3. The van der Waals surface area contributed by atoms with E-state index in [4.69, 9.17) is 9.84 Å². The highest BCUT2D eigenvalue weighted by molar-refractivity contribution is 7.19. The Morgan fingerprint density at radius 1 is 1.08 bits per heavy atom. The van der Waals surface area contributed by atoms with Crippen LogP contribution in [0.4, 0.5) is 4.39 Å². The van der Waals surface area contributed by atoms with Crippen molar-refractivity contribution in [1.29, 1.82) is 0 Å². The van der Waals surface area contributed by atoms with E-state index in [0.717, 1.165) is 34.3 Å². The molecule has 0 spiro atoms. The Hall–Kier alpha value is -2.44. The van der Waals surface area contributed by atoms with Gasteiger partial charge in [0.25, 0.3) is 0 Å². The summed E-state index contributed by atoms with van der Waals surface area (Å²) in [6, 6.07) is 14.1. The fraction of sp³-hybridized carbons (Fsp3) is 0.423. The van der Waals surface area contributed by atoms with E-state index in [0.29, 0.717) is 17.5 Å². The van der Waals surface area contributed by atoms with Crippen LogP contribution in [0.2, 0.25) is 0 Å². The molecule has 8 nitrogen and oxygen atoms in total. The highest BCUT2D eigenvalue weighted by atomic mass is 32.1. The summed E-state index contributed by atoms with van der Waals surface area (Å²) >= 11 is 1.59. The largest absolute Gasteiger partial charge is 0.480 e. The van der Waals surface area contributed by atoms with Gasteiger partial charge in [-0.2, -0.15) is 0 Å². The van der Waals surface area contributed by atoms with Crippen molar-refractivity contribution in [3.05, 3.63) is 70.4 Å². The second kappa shape index (κ2) is 11.7. The quantitative estimate of drug-likeness (QED) is 0.301. The fourth-order valence-electron chi connectivity index (χ4n) is 4.49. The lowest BCUT2D eigenvalue weighted by Gasteiger charge is -2.40. The van der Waals surface area contributed by atoms with E-state index in [1.807, 2.05) is 30.3 Å². The number of carbonyl (C=O) groups is 1. The number of nitrogens with one attached hydrogen (secondary N) is 1. The molecule has 1 aromatic heterocycles. The highest BCUT2D eigenvalue weighted by Gasteiger charge is 2.44. The molecule has 0 radical (unpaired) electrons. The monoisotopic (exact) mass is 519 g/mol. The number of halogens is 1. The Bertz CT molecular complexity index is 1150. The van der Waals surface area contributed by atoms with Gasteiger partial charge in [0.15, 0.2) is 0 Å². The molecule has 0 aliphatic carbocycles. The third-order valence-corrected chi connectivity index (χ3v) is 7.61. The Labute approximate surface area is 211 Å². The topological polar surface area (TPSA) is 139 Å². The van der Waals surface area contributed by atoms with Gasteiger partial charge in [-0.05, 0) is 60.2 Å². The van der Waals surface area contributed by atoms with Crippen LogP contribution in [-0.4, -0.2) is 75.1 Å². The van der Waals surface area contributed by atoms with Gasteiger partial charge in [0.1, 0.15) is 42.4 Å². The minimum atomic E-state index is -1.47.